The summed E-state index contributed by atoms with van der Waals surface area (Å²) >= 11 is 0. The third-order valence-corrected chi connectivity index (χ3v) is 8.08. The summed E-state index contributed by atoms with van der Waals surface area (Å²) in [4.78, 5) is 38.1. The van der Waals surface area contributed by atoms with Crippen molar-refractivity contribution in [2.24, 2.45) is 0 Å². The summed E-state index contributed by atoms with van der Waals surface area (Å²) in [5.41, 5.74) is 0.0731. The first-order chi connectivity index (χ1) is 20.8. The normalized spacial score (nSPS) is 18.3. The van der Waals surface area contributed by atoms with Gasteiger partial charge < -0.3 is 14.6 Å². The van der Waals surface area contributed by atoms with Gasteiger partial charge in [-0.05, 0) is 55.5 Å². The molecule has 6 nitrogen and oxygen atoms in total. The van der Waals surface area contributed by atoms with Gasteiger partial charge in [0.05, 0.1) is 11.7 Å². The molecule has 1 N–H and O–H groups in total. The van der Waals surface area contributed by atoms with Crippen LogP contribution in [0.15, 0.2) is 72.8 Å². The number of rotatable bonds is 18. The summed E-state index contributed by atoms with van der Waals surface area (Å²) in [6, 6.07) is 14.1. The monoisotopic (exact) mass is 588 g/mol. The van der Waals surface area contributed by atoms with Crippen molar-refractivity contribution in [3.63, 3.8) is 0 Å². The van der Waals surface area contributed by atoms with Crippen LogP contribution in [0.4, 0.5) is 0 Å². The molecule has 0 saturated carbocycles. The summed E-state index contributed by atoms with van der Waals surface area (Å²) in [7, 11) is 0. The number of allylic oxidation sites excluding steroid dienone is 2. The quantitative estimate of drug-likeness (QED) is 0.0808. The lowest BCUT2D eigenvalue weighted by molar-refractivity contribution is -0.140. The molecule has 1 atom stereocenters. The number of carbonyl (C=O) groups excluding carboxylic acids is 2. The molecule has 0 amide bonds. The maximum Gasteiger partial charge on any atom is 0.338 e. The Hall–Kier alpha value is -3.67. The lowest BCUT2D eigenvalue weighted by atomic mass is 9.73. The molecule has 43 heavy (non-hydrogen) atoms. The molecule has 3 rings (SSSR count). The largest absolute Gasteiger partial charge is 0.480 e. The molecule has 0 heterocycles. The first kappa shape index (κ1) is 33.8. The fraction of sp³-hybridized carbons (Fsp3) is 0.486. The van der Waals surface area contributed by atoms with Crippen LogP contribution in [-0.4, -0.2) is 29.1 Å². The number of hydrogen-bond donors (Lipinski definition) is 1. The Morgan fingerprint density at radius 3 is 2.07 bits per heavy atom. The maximum absolute atomic E-state index is 13.2. The molecule has 0 spiro atoms. The molecule has 0 fully saturated rings. The first-order valence-corrected chi connectivity index (χ1v) is 16.0. The number of ether oxygens (including phenoxy) is 2. The van der Waals surface area contributed by atoms with Gasteiger partial charge in [0.15, 0.2) is 0 Å². The predicted octanol–water partition coefficient (Wildman–Crippen LogP) is 9.09. The molecule has 0 saturated heterocycles. The van der Waals surface area contributed by atoms with Crippen molar-refractivity contribution >= 4 is 17.9 Å². The number of carbonyl (C=O) groups is 3. The number of aliphatic carboxylic acids is 1. The van der Waals surface area contributed by atoms with Gasteiger partial charge in [0.1, 0.15) is 11.2 Å². The molecule has 2 aromatic rings. The van der Waals surface area contributed by atoms with Crippen LogP contribution in [0.5, 0.6) is 5.75 Å². The van der Waals surface area contributed by atoms with Crippen molar-refractivity contribution in [2.75, 3.05) is 0 Å². The first-order valence-electron chi connectivity index (χ1n) is 16.0. The second-order valence-corrected chi connectivity index (χ2v) is 11.6. The van der Waals surface area contributed by atoms with E-state index < -0.39 is 17.4 Å². The van der Waals surface area contributed by atoms with Crippen LogP contribution in [-0.2, 0) is 19.7 Å². The van der Waals surface area contributed by atoms with E-state index in [-0.39, 0.29) is 23.6 Å². The van der Waals surface area contributed by atoms with Crippen molar-refractivity contribution in [1.82, 2.24) is 0 Å². The van der Waals surface area contributed by atoms with Gasteiger partial charge in [-0.2, -0.15) is 0 Å². The molecule has 6 heteroatoms. The van der Waals surface area contributed by atoms with E-state index in [1.807, 2.05) is 31.2 Å². The molecule has 0 aliphatic heterocycles. The van der Waals surface area contributed by atoms with Crippen LogP contribution >= 0.6 is 0 Å². The Morgan fingerprint density at radius 2 is 1.42 bits per heavy atom. The highest BCUT2D eigenvalue weighted by Crippen LogP contribution is 2.38. The summed E-state index contributed by atoms with van der Waals surface area (Å²) in [6.45, 7) is 6.22. The van der Waals surface area contributed by atoms with E-state index in [2.05, 4.69) is 13.8 Å². The van der Waals surface area contributed by atoms with E-state index in [1.54, 1.807) is 48.6 Å². The highest BCUT2D eigenvalue weighted by Gasteiger charge is 2.40. The summed E-state index contributed by atoms with van der Waals surface area (Å²) in [6.07, 6.45) is 19.0. The van der Waals surface area contributed by atoms with E-state index >= 15 is 0 Å². The number of unbranched alkanes of at least 4 members (excludes halogenated alkanes) is 8. The number of carboxylic acid groups (broad SMARTS) is 1. The van der Waals surface area contributed by atoms with Crippen LogP contribution in [0.2, 0.25) is 0 Å². The molecular formula is C37H48O6. The SMILES string of the molecule is CCCCCCCCC(=O)Oc1ccc(C2C=CC(C(=O)O)(c3ccccc3C(=O)OC(C)CCCCCC)C=C2)cc1. The molecule has 1 unspecified atom stereocenters. The van der Waals surface area contributed by atoms with Gasteiger partial charge in [0, 0.05) is 12.3 Å². The zero-order valence-corrected chi connectivity index (χ0v) is 26.1. The minimum absolute atomic E-state index is 0.164. The molecule has 232 valence electrons. The van der Waals surface area contributed by atoms with Gasteiger partial charge >= 0.3 is 17.9 Å². The summed E-state index contributed by atoms with van der Waals surface area (Å²) < 4.78 is 11.2. The van der Waals surface area contributed by atoms with Crippen LogP contribution < -0.4 is 4.74 Å². The topological polar surface area (TPSA) is 89.9 Å². The second-order valence-electron chi connectivity index (χ2n) is 11.6. The van der Waals surface area contributed by atoms with Crippen molar-refractivity contribution in [1.29, 1.82) is 0 Å². The number of esters is 2. The average molecular weight is 589 g/mol. The number of carboxylic acids is 1. The minimum Gasteiger partial charge on any atom is -0.480 e. The Kier molecular flexibility index (Phi) is 13.7. The molecule has 0 radical (unpaired) electrons. The van der Waals surface area contributed by atoms with Crippen molar-refractivity contribution in [3.8, 4) is 5.75 Å². The highest BCUT2D eigenvalue weighted by molar-refractivity contribution is 5.97. The Balaban J connectivity index is 1.65. The number of hydrogen-bond acceptors (Lipinski definition) is 5. The molecule has 2 aromatic carbocycles. The molecule has 0 aromatic heterocycles. The summed E-state index contributed by atoms with van der Waals surface area (Å²) in [5, 5.41) is 10.4. The van der Waals surface area contributed by atoms with Gasteiger partial charge in [-0.15, -0.1) is 0 Å². The smallest absolute Gasteiger partial charge is 0.338 e. The Morgan fingerprint density at radius 1 is 0.814 bits per heavy atom. The van der Waals surface area contributed by atoms with E-state index in [9.17, 15) is 19.5 Å². The zero-order valence-electron chi connectivity index (χ0n) is 26.1. The summed E-state index contributed by atoms with van der Waals surface area (Å²) in [5.74, 6) is -1.48. The van der Waals surface area contributed by atoms with Gasteiger partial charge in [-0.1, -0.05) is 120 Å². The maximum atomic E-state index is 13.2. The third-order valence-electron chi connectivity index (χ3n) is 8.08. The van der Waals surface area contributed by atoms with Gasteiger partial charge in [0.2, 0.25) is 0 Å². The standard InChI is InChI=1S/C37H48O6/c1-4-6-8-10-11-13-19-34(38)43-31-22-20-29(21-23-31)30-24-26-37(27-25-30,36(40)41)33-18-15-14-17-32(33)35(39)42-28(3)16-12-9-7-5-2/h14-15,17-18,20-28,30H,4-13,16,19H2,1-3H3,(H,40,41). The molecule has 1 aliphatic rings. The molecular weight excluding hydrogens is 540 g/mol. The van der Waals surface area contributed by atoms with E-state index in [1.165, 1.54) is 19.3 Å². The third kappa shape index (κ3) is 9.94. The van der Waals surface area contributed by atoms with Gasteiger partial charge in [-0.3, -0.25) is 9.59 Å². The fourth-order valence-corrected chi connectivity index (χ4v) is 5.47. The van der Waals surface area contributed by atoms with Crippen LogP contribution in [0.1, 0.15) is 125 Å². The van der Waals surface area contributed by atoms with E-state index in [0.29, 0.717) is 17.7 Å². The van der Waals surface area contributed by atoms with Crippen LogP contribution in [0.3, 0.4) is 0 Å². The van der Waals surface area contributed by atoms with Gasteiger partial charge in [0.25, 0.3) is 0 Å². The lowest BCUT2D eigenvalue weighted by Crippen LogP contribution is -2.35. The molecule has 1 aliphatic carbocycles. The van der Waals surface area contributed by atoms with E-state index in [4.69, 9.17) is 9.47 Å². The Labute approximate surface area is 257 Å². The van der Waals surface area contributed by atoms with E-state index in [0.717, 1.165) is 56.9 Å². The lowest BCUT2D eigenvalue weighted by Gasteiger charge is -2.29. The highest BCUT2D eigenvalue weighted by atomic mass is 16.5. The molecule has 0 bridgehead atoms. The van der Waals surface area contributed by atoms with Gasteiger partial charge in [-0.25, -0.2) is 4.79 Å². The second kappa shape index (κ2) is 17.4. The zero-order chi connectivity index (χ0) is 31.1. The van der Waals surface area contributed by atoms with Crippen molar-refractivity contribution in [2.45, 2.75) is 115 Å². The van der Waals surface area contributed by atoms with Crippen LogP contribution in [0.25, 0.3) is 0 Å². The van der Waals surface area contributed by atoms with Crippen LogP contribution in [0, 0.1) is 0 Å². The van der Waals surface area contributed by atoms with Crippen molar-refractivity contribution in [3.05, 3.63) is 89.5 Å². The predicted molar refractivity (Wildman–Crippen MR) is 170 cm³/mol. The number of benzene rings is 2. The van der Waals surface area contributed by atoms with Crippen molar-refractivity contribution < 1.29 is 29.0 Å². The fourth-order valence-electron chi connectivity index (χ4n) is 5.47. The minimum atomic E-state index is -1.50. The Bertz CT molecular complexity index is 1230. The average Bonchev–Trinajstić information content (AvgIpc) is 3.01.